The van der Waals surface area contributed by atoms with Crippen LogP contribution in [0.1, 0.15) is 19.8 Å². The van der Waals surface area contributed by atoms with E-state index in [0.29, 0.717) is 0 Å². The van der Waals surface area contributed by atoms with Gasteiger partial charge in [0.15, 0.2) is 0 Å². The topological polar surface area (TPSA) is 55.6 Å². The third kappa shape index (κ3) is 3.64. The van der Waals surface area contributed by atoms with Crippen LogP contribution in [0, 0.1) is 5.92 Å². The molecule has 2 N–H and O–H groups in total. The molecule has 0 bridgehead atoms. The molecule has 0 aromatic heterocycles. The number of nitrogens with two attached hydrogens (primary N) is 1. The molecule has 1 aliphatic rings. The van der Waals surface area contributed by atoms with Crippen LogP contribution in [-0.2, 0) is 9.53 Å². The van der Waals surface area contributed by atoms with Crippen LogP contribution in [0.2, 0.25) is 0 Å². The minimum absolute atomic E-state index is 0.0466. The van der Waals surface area contributed by atoms with E-state index in [2.05, 4.69) is 4.90 Å². The smallest absolute Gasteiger partial charge is 0.221 e. The summed E-state index contributed by atoms with van der Waals surface area (Å²) >= 11 is 0. The highest BCUT2D eigenvalue weighted by Crippen LogP contribution is 2.15. The quantitative estimate of drug-likeness (QED) is 0.646. The second-order valence-electron chi connectivity index (χ2n) is 3.74. The maximum absolute atomic E-state index is 11.0. The van der Waals surface area contributed by atoms with Crippen LogP contribution in [0.5, 0.6) is 0 Å². The molecular formula is C10H20N2O2. The predicted octanol–water partition coefficient (Wildman–Crippen LogP) is 0.220. The minimum Gasteiger partial charge on any atom is -0.380 e. The molecule has 0 aliphatic carbocycles. The van der Waals surface area contributed by atoms with Gasteiger partial charge < -0.3 is 15.4 Å². The molecule has 0 saturated carbocycles. The highest BCUT2D eigenvalue weighted by molar-refractivity contribution is 5.76. The number of amides is 1. The Morgan fingerprint density at radius 2 is 2.43 bits per heavy atom. The predicted molar refractivity (Wildman–Crippen MR) is 54.9 cm³/mol. The SMILES string of the molecule is CCOCCN1CCCC(C(N)=O)C1. The summed E-state index contributed by atoms with van der Waals surface area (Å²) in [5, 5.41) is 0. The fraction of sp³-hybridized carbons (Fsp3) is 0.900. The van der Waals surface area contributed by atoms with E-state index in [4.69, 9.17) is 10.5 Å². The van der Waals surface area contributed by atoms with Crippen molar-refractivity contribution in [1.29, 1.82) is 0 Å². The van der Waals surface area contributed by atoms with E-state index in [9.17, 15) is 4.79 Å². The lowest BCUT2D eigenvalue weighted by molar-refractivity contribution is -0.123. The first kappa shape index (κ1) is 11.5. The zero-order valence-electron chi connectivity index (χ0n) is 8.87. The fourth-order valence-electron chi connectivity index (χ4n) is 1.83. The highest BCUT2D eigenvalue weighted by atomic mass is 16.5. The number of piperidine rings is 1. The van der Waals surface area contributed by atoms with Crippen LogP contribution in [0.3, 0.4) is 0 Å². The van der Waals surface area contributed by atoms with Crippen molar-refractivity contribution >= 4 is 5.91 Å². The van der Waals surface area contributed by atoms with Crippen LogP contribution >= 0.6 is 0 Å². The molecule has 1 unspecified atom stereocenters. The van der Waals surface area contributed by atoms with Crippen molar-refractivity contribution in [3.05, 3.63) is 0 Å². The van der Waals surface area contributed by atoms with Gasteiger partial charge in [-0.05, 0) is 26.3 Å². The molecule has 1 aliphatic heterocycles. The number of ether oxygens (including phenoxy) is 1. The van der Waals surface area contributed by atoms with Gasteiger partial charge in [-0.2, -0.15) is 0 Å². The van der Waals surface area contributed by atoms with Crippen molar-refractivity contribution < 1.29 is 9.53 Å². The van der Waals surface area contributed by atoms with Crippen molar-refractivity contribution in [2.24, 2.45) is 11.7 Å². The molecular weight excluding hydrogens is 180 g/mol. The molecule has 82 valence electrons. The molecule has 1 saturated heterocycles. The van der Waals surface area contributed by atoms with Gasteiger partial charge in [0.1, 0.15) is 0 Å². The zero-order chi connectivity index (χ0) is 10.4. The number of likely N-dealkylation sites (tertiary alicyclic amines) is 1. The second-order valence-corrected chi connectivity index (χ2v) is 3.74. The van der Waals surface area contributed by atoms with Gasteiger partial charge in [0.25, 0.3) is 0 Å². The molecule has 14 heavy (non-hydrogen) atoms. The van der Waals surface area contributed by atoms with Crippen LogP contribution < -0.4 is 5.73 Å². The van der Waals surface area contributed by atoms with Crippen molar-refractivity contribution in [2.75, 3.05) is 32.8 Å². The minimum atomic E-state index is -0.161. The van der Waals surface area contributed by atoms with Crippen molar-refractivity contribution in [1.82, 2.24) is 4.90 Å². The monoisotopic (exact) mass is 200 g/mol. The molecule has 0 spiro atoms. The molecule has 1 atom stereocenters. The van der Waals surface area contributed by atoms with Gasteiger partial charge in [0.2, 0.25) is 5.91 Å². The molecule has 1 rings (SSSR count). The Morgan fingerprint density at radius 1 is 1.64 bits per heavy atom. The van der Waals surface area contributed by atoms with E-state index in [1.54, 1.807) is 0 Å². The van der Waals surface area contributed by atoms with Gasteiger partial charge in [-0.1, -0.05) is 0 Å². The Bertz CT molecular complexity index is 185. The van der Waals surface area contributed by atoms with Gasteiger partial charge in [-0.15, -0.1) is 0 Å². The first-order valence-electron chi connectivity index (χ1n) is 5.33. The van der Waals surface area contributed by atoms with Crippen LogP contribution in [0.15, 0.2) is 0 Å². The molecule has 0 radical (unpaired) electrons. The van der Waals surface area contributed by atoms with Gasteiger partial charge >= 0.3 is 0 Å². The Kier molecular flexibility index (Phi) is 4.90. The fourth-order valence-corrected chi connectivity index (χ4v) is 1.83. The Morgan fingerprint density at radius 3 is 3.07 bits per heavy atom. The molecule has 0 aromatic carbocycles. The summed E-state index contributed by atoms with van der Waals surface area (Å²) < 4.78 is 5.27. The lowest BCUT2D eigenvalue weighted by atomic mass is 9.98. The normalized spacial score (nSPS) is 23.6. The van der Waals surface area contributed by atoms with Crippen molar-refractivity contribution in [3.8, 4) is 0 Å². The Labute approximate surface area is 85.4 Å². The largest absolute Gasteiger partial charge is 0.380 e. The molecule has 1 fully saturated rings. The molecule has 0 aromatic rings. The van der Waals surface area contributed by atoms with E-state index in [-0.39, 0.29) is 11.8 Å². The van der Waals surface area contributed by atoms with E-state index >= 15 is 0 Å². The number of primary amides is 1. The van der Waals surface area contributed by atoms with E-state index < -0.39 is 0 Å². The van der Waals surface area contributed by atoms with Crippen molar-refractivity contribution in [3.63, 3.8) is 0 Å². The molecule has 4 nitrogen and oxygen atoms in total. The summed E-state index contributed by atoms with van der Waals surface area (Å²) in [5.41, 5.74) is 5.29. The number of carbonyl (C=O) groups excluding carboxylic acids is 1. The molecule has 1 amide bonds. The summed E-state index contributed by atoms with van der Waals surface area (Å²) in [6, 6.07) is 0. The van der Waals surface area contributed by atoms with Crippen LogP contribution in [0.4, 0.5) is 0 Å². The number of rotatable bonds is 5. The van der Waals surface area contributed by atoms with Gasteiger partial charge in [-0.25, -0.2) is 0 Å². The van der Waals surface area contributed by atoms with E-state index in [1.165, 1.54) is 0 Å². The summed E-state index contributed by atoms with van der Waals surface area (Å²) in [6.45, 7) is 6.29. The van der Waals surface area contributed by atoms with Gasteiger partial charge in [0, 0.05) is 19.7 Å². The first-order chi connectivity index (χ1) is 6.74. The van der Waals surface area contributed by atoms with Gasteiger partial charge in [0.05, 0.1) is 12.5 Å². The summed E-state index contributed by atoms with van der Waals surface area (Å²) in [7, 11) is 0. The molecule has 1 heterocycles. The number of hydrogen-bond acceptors (Lipinski definition) is 3. The van der Waals surface area contributed by atoms with E-state index in [0.717, 1.165) is 45.7 Å². The maximum atomic E-state index is 11.0. The molecule has 4 heteroatoms. The number of hydrogen-bond donors (Lipinski definition) is 1. The standard InChI is InChI=1S/C10H20N2O2/c1-2-14-7-6-12-5-3-4-9(8-12)10(11)13/h9H,2-8H2,1H3,(H2,11,13). The Hall–Kier alpha value is -0.610. The lowest BCUT2D eigenvalue weighted by Crippen LogP contribution is -2.42. The summed E-state index contributed by atoms with van der Waals surface area (Å²) in [5.74, 6) is -0.114. The third-order valence-corrected chi connectivity index (χ3v) is 2.66. The first-order valence-corrected chi connectivity index (χ1v) is 5.33. The average Bonchev–Trinajstić information content (AvgIpc) is 2.19. The lowest BCUT2D eigenvalue weighted by Gasteiger charge is -2.30. The summed E-state index contributed by atoms with van der Waals surface area (Å²) in [6.07, 6.45) is 2.01. The van der Waals surface area contributed by atoms with Crippen LogP contribution in [-0.4, -0.2) is 43.7 Å². The van der Waals surface area contributed by atoms with Gasteiger partial charge in [-0.3, -0.25) is 4.79 Å². The average molecular weight is 200 g/mol. The van der Waals surface area contributed by atoms with Crippen LogP contribution in [0.25, 0.3) is 0 Å². The number of nitrogens with zero attached hydrogens (tertiary/aromatic N) is 1. The number of carbonyl (C=O) groups is 1. The maximum Gasteiger partial charge on any atom is 0.221 e. The third-order valence-electron chi connectivity index (χ3n) is 2.66. The van der Waals surface area contributed by atoms with Crippen molar-refractivity contribution in [2.45, 2.75) is 19.8 Å². The zero-order valence-corrected chi connectivity index (χ0v) is 8.87. The van der Waals surface area contributed by atoms with E-state index in [1.807, 2.05) is 6.92 Å². The summed E-state index contributed by atoms with van der Waals surface area (Å²) in [4.78, 5) is 13.3. The highest BCUT2D eigenvalue weighted by Gasteiger charge is 2.23. The Balaban J connectivity index is 2.22. The second kappa shape index (κ2) is 5.98.